The van der Waals surface area contributed by atoms with E-state index in [1.165, 1.54) is 0 Å². The number of rotatable bonds is 5. The van der Waals surface area contributed by atoms with Crippen LogP contribution in [0, 0.1) is 0 Å². The Kier molecular flexibility index (Phi) is 4.94. The molecular formula is C15H19ClN2S. The Morgan fingerprint density at radius 1 is 1.37 bits per heavy atom. The van der Waals surface area contributed by atoms with Crippen LogP contribution in [-0.4, -0.2) is 30.1 Å². The number of thioether (sulfide) groups is 1. The average molecular weight is 295 g/mol. The first kappa shape index (κ1) is 14.5. The molecule has 0 aliphatic carbocycles. The van der Waals surface area contributed by atoms with Crippen molar-refractivity contribution in [3.05, 3.63) is 35.9 Å². The third kappa shape index (κ3) is 3.15. The second kappa shape index (κ2) is 6.49. The smallest absolute Gasteiger partial charge is 0.133 e. The maximum absolute atomic E-state index is 6.09. The van der Waals surface area contributed by atoms with Gasteiger partial charge < -0.3 is 4.90 Å². The van der Waals surface area contributed by atoms with Gasteiger partial charge in [-0.2, -0.15) is 11.8 Å². The van der Waals surface area contributed by atoms with Gasteiger partial charge in [-0.15, -0.1) is 11.6 Å². The summed E-state index contributed by atoms with van der Waals surface area (Å²) in [6, 6.07) is 10.8. The topological polar surface area (TPSA) is 16.1 Å². The highest BCUT2D eigenvalue weighted by Gasteiger charge is 2.15. The molecule has 1 aromatic carbocycles. The van der Waals surface area contributed by atoms with Gasteiger partial charge in [0.05, 0.1) is 11.4 Å². The number of aromatic nitrogens is 1. The lowest BCUT2D eigenvalue weighted by molar-refractivity contribution is 0.752. The summed E-state index contributed by atoms with van der Waals surface area (Å²) in [4.78, 5) is 7.00. The van der Waals surface area contributed by atoms with Crippen molar-refractivity contribution < 1.29 is 0 Å². The zero-order chi connectivity index (χ0) is 13.8. The third-order valence-corrected chi connectivity index (χ3v) is 4.43. The number of alkyl halides is 1. The molecule has 4 heteroatoms. The molecule has 0 spiro atoms. The van der Waals surface area contributed by atoms with E-state index in [1.54, 1.807) is 0 Å². The minimum atomic E-state index is 0.436. The molecule has 19 heavy (non-hydrogen) atoms. The first-order chi connectivity index (χ1) is 9.17. The lowest BCUT2D eigenvalue weighted by atomic mass is 10.1. The number of fused-ring (bicyclic) bond motifs is 1. The monoisotopic (exact) mass is 294 g/mol. The molecule has 0 fully saturated rings. The maximum Gasteiger partial charge on any atom is 0.133 e. The highest BCUT2D eigenvalue weighted by atomic mass is 35.5. The predicted octanol–water partition coefficient (Wildman–Crippen LogP) is 4.16. The van der Waals surface area contributed by atoms with Crippen LogP contribution in [0.25, 0.3) is 10.9 Å². The fourth-order valence-electron chi connectivity index (χ4n) is 2.12. The van der Waals surface area contributed by atoms with Crippen LogP contribution in [0.2, 0.25) is 0 Å². The van der Waals surface area contributed by atoms with Crippen LogP contribution >= 0.6 is 23.4 Å². The van der Waals surface area contributed by atoms with E-state index < -0.39 is 0 Å². The summed E-state index contributed by atoms with van der Waals surface area (Å²) in [6.45, 7) is 2.21. The van der Waals surface area contributed by atoms with Crippen molar-refractivity contribution in [2.75, 3.05) is 24.0 Å². The zero-order valence-corrected chi connectivity index (χ0v) is 13.1. The lowest BCUT2D eigenvalue weighted by Gasteiger charge is -2.27. The summed E-state index contributed by atoms with van der Waals surface area (Å²) in [7, 11) is 2.09. The number of benzene rings is 1. The fourth-order valence-corrected chi connectivity index (χ4v) is 3.02. The molecule has 1 atom stereocenters. The minimum Gasteiger partial charge on any atom is -0.356 e. The molecule has 1 heterocycles. The summed E-state index contributed by atoms with van der Waals surface area (Å²) < 4.78 is 0. The van der Waals surface area contributed by atoms with Gasteiger partial charge in [-0.1, -0.05) is 18.2 Å². The van der Waals surface area contributed by atoms with Crippen molar-refractivity contribution in [2.45, 2.75) is 18.8 Å². The van der Waals surface area contributed by atoms with Crippen molar-refractivity contribution in [3.8, 4) is 0 Å². The average Bonchev–Trinajstić information content (AvgIpc) is 2.45. The van der Waals surface area contributed by atoms with Crippen LogP contribution < -0.4 is 4.90 Å². The van der Waals surface area contributed by atoms with Gasteiger partial charge in [-0.3, -0.25) is 0 Å². The maximum atomic E-state index is 6.09. The van der Waals surface area contributed by atoms with E-state index in [0.29, 0.717) is 11.9 Å². The van der Waals surface area contributed by atoms with E-state index in [1.807, 2.05) is 30.0 Å². The standard InChI is InChI=1S/C15H19ClN2S/c1-11(10-19-3)18(2)15-13(9-16)8-12-6-4-5-7-14(12)17-15/h4-8,11H,9-10H2,1-3H3. The van der Waals surface area contributed by atoms with Crippen molar-refractivity contribution in [1.82, 2.24) is 4.98 Å². The van der Waals surface area contributed by atoms with Gasteiger partial charge in [-0.25, -0.2) is 4.98 Å². The summed E-state index contributed by atoms with van der Waals surface area (Å²) in [6.07, 6.45) is 2.13. The fraction of sp³-hybridized carbons (Fsp3) is 0.400. The largest absolute Gasteiger partial charge is 0.356 e. The van der Waals surface area contributed by atoms with Crippen LogP contribution in [0.1, 0.15) is 12.5 Å². The van der Waals surface area contributed by atoms with Gasteiger partial charge in [0, 0.05) is 29.8 Å². The van der Waals surface area contributed by atoms with E-state index in [-0.39, 0.29) is 0 Å². The summed E-state index contributed by atoms with van der Waals surface area (Å²) in [5.41, 5.74) is 2.12. The SMILES string of the molecule is CSCC(C)N(C)c1nc2ccccc2cc1CCl. The van der Waals surface area contributed by atoms with Gasteiger partial charge >= 0.3 is 0 Å². The molecule has 0 saturated heterocycles. The molecule has 0 N–H and O–H groups in total. The first-order valence-electron chi connectivity index (χ1n) is 6.33. The Labute approximate surface area is 124 Å². The normalized spacial score (nSPS) is 12.6. The van der Waals surface area contributed by atoms with Gasteiger partial charge in [0.15, 0.2) is 0 Å². The van der Waals surface area contributed by atoms with E-state index in [2.05, 4.69) is 37.3 Å². The molecular weight excluding hydrogens is 276 g/mol. The molecule has 1 aromatic heterocycles. The van der Waals surface area contributed by atoms with Gasteiger partial charge in [0.2, 0.25) is 0 Å². The Morgan fingerprint density at radius 2 is 2.11 bits per heavy atom. The van der Waals surface area contributed by atoms with Crippen molar-refractivity contribution in [3.63, 3.8) is 0 Å². The number of pyridine rings is 1. The van der Waals surface area contributed by atoms with Crippen LogP contribution in [0.3, 0.4) is 0 Å². The summed E-state index contributed by atoms with van der Waals surface area (Å²) in [5.74, 6) is 2.56. The Balaban J connectivity index is 2.45. The Morgan fingerprint density at radius 3 is 2.79 bits per heavy atom. The number of nitrogens with zero attached hydrogens (tertiary/aromatic N) is 2. The molecule has 102 valence electrons. The molecule has 0 aliphatic heterocycles. The highest BCUT2D eigenvalue weighted by Crippen LogP contribution is 2.26. The second-order valence-corrected chi connectivity index (χ2v) is 5.89. The molecule has 0 amide bonds. The van der Waals surface area contributed by atoms with Gasteiger partial charge in [0.1, 0.15) is 5.82 Å². The molecule has 2 aromatic rings. The highest BCUT2D eigenvalue weighted by molar-refractivity contribution is 7.98. The van der Waals surface area contributed by atoms with Crippen LogP contribution in [0.15, 0.2) is 30.3 Å². The van der Waals surface area contributed by atoms with E-state index >= 15 is 0 Å². The van der Waals surface area contributed by atoms with Crippen LogP contribution in [0.4, 0.5) is 5.82 Å². The van der Waals surface area contributed by atoms with E-state index in [0.717, 1.165) is 28.0 Å². The Hall–Kier alpha value is -0.930. The van der Waals surface area contributed by atoms with Crippen molar-refractivity contribution >= 4 is 40.1 Å². The predicted molar refractivity (Wildman–Crippen MR) is 87.5 cm³/mol. The molecule has 2 rings (SSSR count). The second-order valence-electron chi connectivity index (χ2n) is 4.71. The van der Waals surface area contributed by atoms with E-state index in [9.17, 15) is 0 Å². The minimum absolute atomic E-state index is 0.436. The first-order valence-corrected chi connectivity index (χ1v) is 8.26. The number of anilines is 1. The third-order valence-electron chi connectivity index (χ3n) is 3.33. The molecule has 0 radical (unpaired) electrons. The van der Waals surface area contributed by atoms with Crippen LogP contribution in [-0.2, 0) is 5.88 Å². The Bertz CT molecular complexity index is 559. The number of halogens is 1. The van der Waals surface area contributed by atoms with Crippen LogP contribution in [0.5, 0.6) is 0 Å². The van der Waals surface area contributed by atoms with E-state index in [4.69, 9.17) is 16.6 Å². The van der Waals surface area contributed by atoms with Gasteiger partial charge in [-0.05, 0) is 25.3 Å². The van der Waals surface area contributed by atoms with Crippen molar-refractivity contribution in [1.29, 1.82) is 0 Å². The molecule has 1 unspecified atom stereocenters. The molecule has 0 aliphatic rings. The van der Waals surface area contributed by atoms with Crippen molar-refractivity contribution in [2.24, 2.45) is 0 Å². The summed E-state index contributed by atoms with van der Waals surface area (Å²) in [5, 5.41) is 1.15. The van der Waals surface area contributed by atoms with Gasteiger partial charge in [0.25, 0.3) is 0 Å². The zero-order valence-electron chi connectivity index (χ0n) is 11.6. The molecule has 0 saturated carbocycles. The quantitative estimate of drug-likeness (QED) is 0.770. The number of para-hydroxylation sites is 1. The number of hydrogen-bond donors (Lipinski definition) is 0. The molecule has 0 bridgehead atoms. The molecule has 2 nitrogen and oxygen atoms in total. The number of hydrogen-bond acceptors (Lipinski definition) is 3. The summed E-state index contributed by atoms with van der Waals surface area (Å²) >= 11 is 7.93. The lowest BCUT2D eigenvalue weighted by Crippen LogP contribution is -2.32.